The van der Waals surface area contributed by atoms with Crippen molar-refractivity contribution in [2.45, 2.75) is 19.8 Å². The molecular weight excluding hydrogens is 258 g/mol. The molecule has 0 N–H and O–H groups in total. The van der Waals surface area contributed by atoms with Crippen LogP contribution in [0.4, 0.5) is 0 Å². The maximum Gasteiger partial charge on any atom is 0.307 e. The van der Waals surface area contributed by atoms with Crippen molar-refractivity contribution < 1.29 is 19.1 Å². The predicted octanol–water partition coefficient (Wildman–Crippen LogP) is 1.65. The van der Waals surface area contributed by atoms with Crippen LogP contribution in [-0.2, 0) is 20.7 Å². The Hall–Kier alpha value is -2.04. The minimum atomic E-state index is -0.281. The second-order valence-corrected chi connectivity index (χ2v) is 4.40. The number of hydrogen-bond acceptors (Lipinski definition) is 4. The van der Waals surface area contributed by atoms with Gasteiger partial charge in [0.1, 0.15) is 5.75 Å². The standard InChI is InChI=1S/C15H21NO4/c1-4-20-15(18)9-10-16(2)14(17)11-12-5-7-13(19-3)8-6-12/h5-8H,4,9-11H2,1-3H3. The van der Waals surface area contributed by atoms with E-state index in [0.717, 1.165) is 11.3 Å². The Morgan fingerprint density at radius 3 is 2.40 bits per heavy atom. The van der Waals surface area contributed by atoms with E-state index >= 15 is 0 Å². The Kier molecular flexibility index (Phi) is 6.56. The number of ether oxygens (including phenoxy) is 2. The van der Waals surface area contributed by atoms with Gasteiger partial charge in [0, 0.05) is 13.6 Å². The maximum atomic E-state index is 12.0. The van der Waals surface area contributed by atoms with E-state index in [-0.39, 0.29) is 18.3 Å². The van der Waals surface area contributed by atoms with Gasteiger partial charge in [0.05, 0.1) is 26.6 Å². The zero-order chi connectivity index (χ0) is 15.0. The molecule has 0 saturated heterocycles. The average Bonchev–Trinajstić information content (AvgIpc) is 2.45. The first-order valence-corrected chi connectivity index (χ1v) is 6.59. The molecule has 0 spiro atoms. The van der Waals surface area contributed by atoms with Crippen LogP contribution < -0.4 is 4.74 Å². The van der Waals surface area contributed by atoms with Crippen LogP contribution in [-0.4, -0.2) is 44.1 Å². The molecule has 0 aliphatic heterocycles. The molecule has 1 aromatic carbocycles. The highest BCUT2D eigenvalue weighted by atomic mass is 16.5. The fourth-order valence-corrected chi connectivity index (χ4v) is 1.67. The van der Waals surface area contributed by atoms with Gasteiger partial charge in [0.25, 0.3) is 0 Å². The topological polar surface area (TPSA) is 55.8 Å². The second kappa shape index (κ2) is 8.19. The van der Waals surface area contributed by atoms with Crippen molar-refractivity contribution in [1.82, 2.24) is 4.90 Å². The molecule has 1 aromatic rings. The van der Waals surface area contributed by atoms with Crippen molar-refractivity contribution in [3.05, 3.63) is 29.8 Å². The summed E-state index contributed by atoms with van der Waals surface area (Å²) in [5, 5.41) is 0. The number of rotatable bonds is 7. The normalized spacial score (nSPS) is 9.95. The third kappa shape index (κ3) is 5.30. The van der Waals surface area contributed by atoms with Crippen LogP contribution in [0.15, 0.2) is 24.3 Å². The van der Waals surface area contributed by atoms with Gasteiger partial charge in [-0.3, -0.25) is 9.59 Å². The molecule has 0 fully saturated rings. The number of carbonyl (C=O) groups excluding carboxylic acids is 2. The highest BCUT2D eigenvalue weighted by Crippen LogP contribution is 2.12. The quantitative estimate of drug-likeness (QED) is 0.712. The summed E-state index contributed by atoms with van der Waals surface area (Å²) in [5.41, 5.74) is 0.916. The van der Waals surface area contributed by atoms with E-state index in [4.69, 9.17) is 9.47 Å². The van der Waals surface area contributed by atoms with Gasteiger partial charge in [-0.15, -0.1) is 0 Å². The minimum Gasteiger partial charge on any atom is -0.497 e. The Morgan fingerprint density at radius 2 is 1.85 bits per heavy atom. The van der Waals surface area contributed by atoms with E-state index in [9.17, 15) is 9.59 Å². The summed E-state index contributed by atoms with van der Waals surface area (Å²) in [6.07, 6.45) is 0.530. The largest absolute Gasteiger partial charge is 0.497 e. The summed E-state index contributed by atoms with van der Waals surface area (Å²) < 4.78 is 9.89. The number of nitrogens with zero attached hydrogens (tertiary/aromatic N) is 1. The molecule has 1 amide bonds. The van der Waals surface area contributed by atoms with Gasteiger partial charge >= 0.3 is 5.97 Å². The van der Waals surface area contributed by atoms with Crippen LogP contribution in [0.1, 0.15) is 18.9 Å². The van der Waals surface area contributed by atoms with Crippen LogP contribution >= 0.6 is 0 Å². The Bertz CT molecular complexity index is 442. The summed E-state index contributed by atoms with van der Waals surface area (Å²) in [7, 11) is 3.29. The molecule has 0 radical (unpaired) electrons. The fourth-order valence-electron chi connectivity index (χ4n) is 1.67. The zero-order valence-electron chi connectivity index (χ0n) is 12.2. The number of amides is 1. The number of esters is 1. The molecule has 20 heavy (non-hydrogen) atoms. The molecule has 5 nitrogen and oxygen atoms in total. The average molecular weight is 279 g/mol. The number of likely N-dealkylation sites (N-methyl/N-ethyl adjacent to an activating group) is 1. The second-order valence-electron chi connectivity index (χ2n) is 4.40. The Balaban J connectivity index is 2.42. The highest BCUT2D eigenvalue weighted by Gasteiger charge is 2.12. The van der Waals surface area contributed by atoms with Crippen LogP contribution in [0.25, 0.3) is 0 Å². The molecule has 0 bridgehead atoms. The molecule has 110 valence electrons. The minimum absolute atomic E-state index is 0.0283. The summed E-state index contributed by atoms with van der Waals surface area (Å²) in [6.45, 7) is 2.49. The lowest BCUT2D eigenvalue weighted by Crippen LogP contribution is -2.30. The molecular formula is C15H21NO4. The van der Waals surface area contributed by atoms with E-state index in [1.54, 1.807) is 26.0 Å². The summed E-state index contributed by atoms with van der Waals surface area (Å²) in [6, 6.07) is 7.36. The van der Waals surface area contributed by atoms with Crippen molar-refractivity contribution in [3.8, 4) is 5.75 Å². The van der Waals surface area contributed by atoms with Gasteiger partial charge in [-0.05, 0) is 24.6 Å². The number of benzene rings is 1. The van der Waals surface area contributed by atoms with E-state index in [1.807, 2.05) is 24.3 Å². The summed E-state index contributed by atoms with van der Waals surface area (Å²) in [4.78, 5) is 24.7. The monoisotopic (exact) mass is 279 g/mol. The van der Waals surface area contributed by atoms with Gasteiger partial charge in [-0.25, -0.2) is 0 Å². The Labute approximate surface area is 119 Å². The third-order valence-electron chi connectivity index (χ3n) is 2.90. The van der Waals surface area contributed by atoms with Crippen LogP contribution in [0, 0.1) is 0 Å². The first-order chi connectivity index (χ1) is 9.56. The van der Waals surface area contributed by atoms with E-state index in [1.165, 1.54) is 0 Å². The van der Waals surface area contributed by atoms with Crippen LogP contribution in [0.5, 0.6) is 5.75 Å². The van der Waals surface area contributed by atoms with E-state index < -0.39 is 0 Å². The fraction of sp³-hybridized carbons (Fsp3) is 0.467. The van der Waals surface area contributed by atoms with Gasteiger partial charge in [-0.1, -0.05) is 12.1 Å². The molecule has 0 atom stereocenters. The summed E-state index contributed by atoms with van der Waals surface area (Å²) >= 11 is 0. The lowest BCUT2D eigenvalue weighted by atomic mass is 10.1. The van der Waals surface area contributed by atoms with Crippen molar-refractivity contribution in [2.75, 3.05) is 27.3 Å². The lowest BCUT2D eigenvalue weighted by molar-refractivity contribution is -0.143. The molecule has 0 aromatic heterocycles. The molecule has 0 aliphatic carbocycles. The lowest BCUT2D eigenvalue weighted by Gasteiger charge is -2.16. The molecule has 1 rings (SSSR count). The maximum absolute atomic E-state index is 12.0. The first-order valence-electron chi connectivity index (χ1n) is 6.59. The van der Waals surface area contributed by atoms with Crippen LogP contribution in [0.3, 0.4) is 0 Å². The smallest absolute Gasteiger partial charge is 0.307 e. The van der Waals surface area contributed by atoms with Gasteiger partial charge in [0.15, 0.2) is 0 Å². The van der Waals surface area contributed by atoms with Crippen molar-refractivity contribution >= 4 is 11.9 Å². The summed E-state index contributed by atoms with van der Waals surface area (Å²) in [5.74, 6) is 0.452. The molecule has 0 saturated carbocycles. The molecule has 0 aliphatic rings. The van der Waals surface area contributed by atoms with Gasteiger partial charge in [-0.2, -0.15) is 0 Å². The third-order valence-corrected chi connectivity index (χ3v) is 2.90. The molecule has 0 heterocycles. The Morgan fingerprint density at radius 1 is 1.20 bits per heavy atom. The van der Waals surface area contributed by atoms with E-state index in [0.29, 0.717) is 19.6 Å². The number of carbonyl (C=O) groups is 2. The van der Waals surface area contributed by atoms with Crippen molar-refractivity contribution in [2.24, 2.45) is 0 Å². The molecule has 0 unspecified atom stereocenters. The SMILES string of the molecule is CCOC(=O)CCN(C)C(=O)Cc1ccc(OC)cc1. The van der Waals surface area contributed by atoms with Crippen molar-refractivity contribution in [1.29, 1.82) is 0 Å². The predicted molar refractivity (Wildman–Crippen MR) is 75.6 cm³/mol. The van der Waals surface area contributed by atoms with Gasteiger partial charge < -0.3 is 14.4 Å². The number of hydrogen-bond donors (Lipinski definition) is 0. The zero-order valence-corrected chi connectivity index (χ0v) is 12.2. The number of methoxy groups -OCH3 is 1. The highest BCUT2D eigenvalue weighted by molar-refractivity contribution is 5.79. The van der Waals surface area contributed by atoms with Crippen LogP contribution in [0.2, 0.25) is 0 Å². The van der Waals surface area contributed by atoms with Crippen molar-refractivity contribution in [3.63, 3.8) is 0 Å². The van der Waals surface area contributed by atoms with Gasteiger partial charge in [0.2, 0.25) is 5.91 Å². The first kappa shape index (κ1) is 16.0. The molecule has 5 heteroatoms. The van der Waals surface area contributed by atoms with E-state index in [2.05, 4.69) is 0 Å².